The molecule has 1 aromatic rings. The van der Waals surface area contributed by atoms with E-state index in [-0.39, 0.29) is 11.0 Å². The van der Waals surface area contributed by atoms with Crippen molar-refractivity contribution in [1.29, 1.82) is 0 Å². The van der Waals surface area contributed by atoms with Crippen LogP contribution in [0.15, 0.2) is 0 Å². The van der Waals surface area contributed by atoms with E-state index in [1.165, 1.54) is 27.8 Å². The quantitative estimate of drug-likeness (QED) is 0.915. The van der Waals surface area contributed by atoms with E-state index < -0.39 is 0 Å². The maximum Gasteiger partial charge on any atom is 0.115 e. The summed E-state index contributed by atoms with van der Waals surface area (Å²) in [6.45, 7) is 12.3. The molecule has 2 rings (SSSR count). The Balaban J connectivity index is 2.48. The van der Waals surface area contributed by atoms with Crippen LogP contribution < -0.4 is 5.32 Å². The molecular weight excluding hydrogens is 260 g/mol. The van der Waals surface area contributed by atoms with Crippen molar-refractivity contribution in [2.45, 2.75) is 46.6 Å². The smallest absolute Gasteiger partial charge is 0.115 e. The molecule has 1 unspecified atom stereocenters. The van der Waals surface area contributed by atoms with Gasteiger partial charge in [0.2, 0.25) is 0 Å². The van der Waals surface area contributed by atoms with E-state index in [2.05, 4.69) is 51.7 Å². The second kappa shape index (κ2) is 5.14. The molecule has 4 heteroatoms. The van der Waals surface area contributed by atoms with Gasteiger partial charge in [-0.1, -0.05) is 20.8 Å². The number of nitrogens with one attached hydrogen (secondary N) is 1. The van der Waals surface area contributed by atoms with E-state index in [1.807, 2.05) is 11.3 Å². The maximum absolute atomic E-state index is 4.86. The van der Waals surface area contributed by atoms with Crippen LogP contribution in [-0.2, 0) is 5.54 Å². The summed E-state index contributed by atoms with van der Waals surface area (Å²) in [6, 6.07) is 0. The molecule has 18 heavy (non-hydrogen) atoms. The van der Waals surface area contributed by atoms with Crippen molar-refractivity contribution in [3.8, 4) is 0 Å². The first-order valence-electron chi connectivity index (χ1n) is 6.70. The average Bonchev–Trinajstić information content (AvgIpc) is 2.63. The number of thiazole rings is 1. The van der Waals surface area contributed by atoms with E-state index in [0.29, 0.717) is 0 Å². The first-order valence-corrected chi connectivity index (χ1v) is 8.67. The Morgan fingerprint density at radius 1 is 1.33 bits per heavy atom. The van der Waals surface area contributed by atoms with Crippen molar-refractivity contribution in [3.63, 3.8) is 0 Å². The van der Waals surface area contributed by atoms with Crippen LogP contribution in [0.5, 0.6) is 0 Å². The van der Waals surface area contributed by atoms with Crippen LogP contribution >= 0.6 is 23.1 Å². The van der Waals surface area contributed by atoms with Crippen LogP contribution in [0.3, 0.4) is 0 Å². The zero-order valence-electron chi connectivity index (χ0n) is 12.1. The molecule has 0 amide bonds. The van der Waals surface area contributed by atoms with Gasteiger partial charge in [0.1, 0.15) is 5.01 Å². The molecular formula is C14H24N2S2. The van der Waals surface area contributed by atoms with E-state index >= 15 is 0 Å². The van der Waals surface area contributed by atoms with E-state index in [1.54, 1.807) is 0 Å². The molecule has 1 aromatic heterocycles. The predicted molar refractivity (Wildman–Crippen MR) is 82.7 cm³/mol. The molecule has 0 saturated carbocycles. The fourth-order valence-corrected chi connectivity index (χ4v) is 5.72. The van der Waals surface area contributed by atoms with Crippen molar-refractivity contribution in [2.24, 2.45) is 5.41 Å². The van der Waals surface area contributed by atoms with Crippen LogP contribution in [0.2, 0.25) is 0 Å². The molecule has 2 heterocycles. The third-order valence-corrected chi connectivity index (χ3v) is 6.58. The first-order chi connectivity index (χ1) is 8.43. The third kappa shape index (κ3) is 2.23. The number of nitrogens with zero attached hydrogens (tertiary/aromatic N) is 1. The minimum absolute atomic E-state index is 0.0500. The minimum atomic E-state index is 0.0500. The zero-order chi connectivity index (χ0) is 13.4. The van der Waals surface area contributed by atoms with Gasteiger partial charge < -0.3 is 5.32 Å². The fraction of sp³-hybridized carbons (Fsp3) is 0.786. The Kier molecular flexibility index (Phi) is 4.10. The number of rotatable bonds is 3. The summed E-state index contributed by atoms with van der Waals surface area (Å²) in [5, 5.41) is 5.06. The lowest BCUT2D eigenvalue weighted by molar-refractivity contribution is 0.131. The molecule has 0 radical (unpaired) electrons. The lowest BCUT2D eigenvalue weighted by Crippen LogP contribution is -2.57. The maximum atomic E-state index is 4.86. The summed E-state index contributed by atoms with van der Waals surface area (Å²) in [5.41, 5.74) is 1.51. The lowest BCUT2D eigenvalue weighted by atomic mass is 9.71. The van der Waals surface area contributed by atoms with E-state index in [0.717, 1.165) is 12.3 Å². The largest absolute Gasteiger partial charge is 0.305 e. The molecule has 1 fully saturated rings. The van der Waals surface area contributed by atoms with Crippen LogP contribution in [0.1, 0.15) is 42.8 Å². The normalized spacial score (nSPS) is 27.4. The fourth-order valence-electron chi connectivity index (χ4n) is 2.64. The number of hydrogen-bond acceptors (Lipinski definition) is 4. The van der Waals surface area contributed by atoms with Crippen molar-refractivity contribution < 1.29 is 0 Å². The SMILES string of the molecule is CCNC1(c2nc(C)c(C)s2)CSCCC1(C)C. The number of hydrogen-bond donors (Lipinski definition) is 1. The van der Waals surface area contributed by atoms with Gasteiger partial charge in [-0.2, -0.15) is 11.8 Å². The van der Waals surface area contributed by atoms with Crippen LogP contribution in [0.4, 0.5) is 0 Å². The first kappa shape index (κ1) is 14.4. The van der Waals surface area contributed by atoms with E-state index in [9.17, 15) is 0 Å². The molecule has 0 aliphatic carbocycles. The Labute approximate surface area is 119 Å². The molecule has 1 N–H and O–H groups in total. The van der Waals surface area contributed by atoms with Gasteiger partial charge in [-0.05, 0) is 38.0 Å². The average molecular weight is 284 g/mol. The Morgan fingerprint density at radius 2 is 2.06 bits per heavy atom. The van der Waals surface area contributed by atoms with Crippen molar-refractivity contribution in [3.05, 3.63) is 15.6 Å². The summed E-state index contributed by atoms with van der Waals surface area (Å²) in [4.78, 5) is 6.22. The van der Waals surface area contributed by atoms with Crippen molar-refractivity contribution >= 4 is 23.1 Å². The topological polar surface area (TPSA) is 24.9 Å². The molecule has 2 nitrogen and oxygen atoms in total. The monoisotopic (exact) mass is 284 g/mol. The zero-order valence-corrected chi connectivity index (χ0v) is 13.7. The number of thioether (sulfide) groups is 1. The second-order valence-corrected chi connectivity index (χ2v) is 8.09. The highest BCUT2D eigenvalue weighted by Gasteiger charge is 2.49. The van der Waals surface area contributed by atoms with Gasteiger partial charge in [-0.15, -0.1) is 11.3 Å². The molecule has 1 aliphatic heterocycles. The highest BCUT2D eigenvalue weighted by molar-refractivity contribution is 7.99. The van der Waals surface area contributed by atoms with Gasteiger partial charge in [0.25, 0.3) is 0 Å². The van der Waals surface area contributed by atoms with Gasteiger partial charge in [-0.25, -0.2) is 4.98 Å². The van der Waals surface area contributed by atoms with Gasteiger partial charge in [0.15, 0.2) is 0 Å². The van der Waals surface area contributed by atoms with Crippen LogP contribution in [-0.4, -0.2) is 23.0 Å². The molecule has 0 aromatic carbocycles. The number of aryl methyl sites for hydroxylation is 2. The van der Waals surface area contributed by atoms with Crippen molar-refractivity contribution in [1.82, 2.24) is 10.3 Å². The molecule has 102 valence electrons. The highest BCUT2D eigenvalue weighted by Crippen LogP contribution is 2.49. The Hall–Kier alpha value is -0.0600. The minimum Gasteiger partial charge on any atom is -0.305 e. The second-order valence-electron chi connectivity index (χ2n) is 5.78. The highest BCUT2D eigenvalue weighted by atomic mass is 32.2. The summed E-state index contributed by atoms with van der Waals surface area (Å²) >= 11 is 3.93. The Morgan fingerprint density at radius 3 is 2.56 bits per heavy atom. The van der Waals surface area contributed by atoms with Gasteiger partial charge >= 0.3 is 0 Å². The number of aromatic nitrogens is 1. The molecule has 1 aliphatic rings. The summed E-state index contributed by atoms with van der Waals surface area (Å²) in [5.74, 6) is 2.41. The lowest BCUT2D eigenvalue weighted by Gasteiger charge is -2.49. The standard InChI is InChI=1S/C14H24N2S2/c1-6-15-14(9-17-8-7-13(14,4)5)12-16-10(2)11(3)18-12/h15H,6-9H2,1-5H3. The van der Waals surface area contributed by atoms with Crippen LogP contribution in [0.25, 0.3) is 0 Å². The van der Waals surface area contributed by atoms with Gasteiger partial charge in [-0.3, -0.25) is 0 Å². The predicted octanol–water partition coefficient (Wildman–Crippen LogP) is 3.73. The summed E-state index contributed by atoms with van der Waals surface area (Å²) in [7, 11) is 0. The molecule has 1 saturated heterocycles. The van der Waals surface area contributed by atoms with Gasteiger partial charge in [0, 0.05) is 10.6 Å². The molecule has 1 atom stereocenters. The summed E-state index contributed by atoms with van der Waals surface area (Å²) < 4.78 is 0. The van der Waals surface area contributed by atoms with Crippen molar-refractivity contribution in [2.75, 3.05) is 18.1 Å². The van der Waals surface area contributed by atoms with Crippen LogP contribution in [0, 0.1) is 19.3 Å². The summed E-state index contributed by atoms with van der Waals surface area (Å²) in [6.07, 6.45) is 1.25. The molecule has 0 bridgehead atoms. The third-order valence-electron chi connectivity index (χ3n) is 4.22. The van der Waals surface area contributed by atoms with E-state index in [4.69, 9.17) is 4.98 Å². The van der Waals surface area contributed by atoms with Gasteiger partial charge in [0.05, 0.1) is 11.2 Å². The Bertz CT molecular complexity index is 402. The molecule has 0 spiro atoms.